The normalized spacial score (nSPS) is 12.9. The van der Waals surface area contributed by atoms with Crippen molar-refractivity contribution in [2.45, 2.75) is 44.6 Å². The molecule has 0 aliphatic rings. The molecule has 0 heterocycles. The fourth-order valence-corrected chi connectivity index (χ4v) is 3.09. The molecule has 1 aromatic rings. The third-order valence-corrected chi connectivity index (χ3v) is 4.95. The summed E-state index contributed by atoms with van der Waals surface area (Å²) in [7, 11) is -4.06. The molecule has 164 valence electrons. The Labute approximate surface area is 169 Å². The van der Waals surface area contributed by atoms with Crippen molar-refractivity contribution in [3.63, 3.8) is 0 Å². The SMILES string of the molecule is CC(CNC(=O)CCNS(=O)(=O)c1ccc(F)c(F)c1)CNC(=O)OC(C)(C)C. The number of hydrogen-bond donors (Lipinski definition) is 3. The highest BCUT2D eigenvalue weighted by molar-refractivity contribution is 7.89. The highest BCUT2D eigenvalue weighted by Crippen LogP contribution is 2.13. The lowest BCUT2D eigenvalue weighted by Crippen LogP contribution is -2.38. The van der Waals surface area contributed by atoms with Crippen molar-refractivity contribution in [2.75, 3.05) is 19.6 Å². The van der Waals surface area contributed by atoms with Gasteiger partial charge in [-0.15, -0.1) is 0 Å². The first-order valence-electron chi connectivity index (χ1n) is 8.98. The van der Waals surface area contributed by atoms with Crippen LogP contribution in [0.2, 0.25) is 0 Å². The molecule has 29 heavy (non-hydrogen) atoms. The summed E-state index contributed by atoms with van der Waals surface area (Å²) in [5.74, 6) is -2.91. The first kappa shape index (κ1) is 24.8. The average molecular weight is 435 g/mol. The smallest absolute Gasteiger partial charge is 0.407 e. The van der Waals surface area contributed by atoms with E-state index in [0.717, 1.165) is 6.07 Å². The number of alkyl carbamates (subject to hydrolysis) is 1. The van der Waals surface area contributed by atoms with E-state index in [1.165, 1.54) is 0 Å². The summed E-state index contributed by atoms with van der Waals surface area (Å²) in [5, 5.41) is 5.21. The zero-order chi connectivity index (χ0) is 22.2. The summed E-state index contributed by atoms with van der Waals surface area (Å²) in [6.07, 6.45) is -0.697. The van der Waals surface area contributed by atoms with E-state index in [4.69, 9.17) is 4.74 Å². The van der Waals surface area contributed by atoms with Crippen LogP contribution in [0.1, 0.15) is 34.1 Å². The van der Waals surface area contributed by atoms with Gasteiger partial charge in [0.25, 0.3) is 0 Å². The van der Waals surface area contributed by atoms with Crippen LogP contribution in [0.4, 0.5) is 13.6 Å². The van der Waals surface area contributed by atoms with Crippen LogP contribution in [0, 0.1) is 17.6 Å². The van der Waals surface area contributed by atoms with E-state index in [2.05, 4.69) is 15.4 Å². The number of rotatable bonds is 9. The Bertz CT molecular complexity index is 825. The number of halogens is 2. The third-order valence-electron chi connectivity index (χ3n) is 3.49. The molecule has 0 aromatic heterocycles. The lowest BCUT2D eigenvalue weighted by Gasteiger charge is -2.21. The van der Waals surface area contributed by atoms with Crippen LogP contribution >= 0.6 is 0 Å². The average Bonchev–Trinajstić information content (AvgIpc) is 2.58. The second-order valence-corrected chi connectivity index (χ2v) is 9.28. The van der Waals surface area contributed by atoms with E-state index in [-0.39, 0.29) is 32.0 Å². The van der Waals surface area contributed by atoms with Gasteiger partial charge in [0.2, 0.25) is 15.9 Å². The molecule has 0 spiro atoms. The highest BCUT2D eigenvalue weighted by Gasteiger charge is 2.18. The predicted molar refractivity (Wildman–Crippen MR) is 103 cm³/mol. The Balaban J connectivity index is 2.33. The summed E-state index contributed by atoms with van der Waals surface area (Å²) in [5.41, 5.74) is -0.603. The second-order valence-electron chi connectivity index (χ2n) is 7.52. The molecule has 0 aliphatic carbocycles. The molecule has 0 bridgehead atoms. The van der Waals surface area contributed by atoms with E-state index in [1.807, 2.05) is 6.92 Å². The molecular formula is C18H27F2N3O5S. The number of nitrogens with one attached hydrogen (secondary N) is 3. The molecule has 0 saturated carbocycles. The van der Waals surface area contributed by atoms with Crippen LogP contribution in [-0.2, 0) is 19.6 Å². The number of sulfonamides is 1. The minimum atomic E-state index is -4.06. The number of ether oxygens (including phenoxy) is 1. The van der Waals surface area contributed by atoms with Crippen molar-refractivity contribution in [1.29, 1.82) is 0 Å². The molecule has 3 N–H and O–H groups in total. The second kappa shape index (κ2) is 10.5. The van der Waals surface area contributed by atoms with Gasteiger partial charge >= 0.3 is 6.09 Å². The number of benzene rings is 1. The zero-order valence-electron chi connectivity index (χ0n) is 16.8. The Morgan fingerprint density at radius 1 is 1.10 bits per heavy atom. The summed E-state index contributed by atoms with van der Waals surface area (Å²) in [6.45, 7) is 7.40. The highest BCUT2D eigenvalue weighted by atomic mass is 32.2. The molecule has 0 radical (unpaired) electrons. The largest absolute Gasteiger partial charge is 0.444 e. The molecule has 1 aromatic carbocycles. The van der Waals surface area contributed by atoms with Gasteiger partial charge in [0.15, 0.2) is 11.6 Å². The molecule has 1 atom stereocenters. The fourth-order valence-electron chi connectivity index (χ4n) is 2.05. The van der Waals surface area contributed by atoms with Crippen molar-refractivity contribution < 1.29 is 31.5 Å². The van der Waals surface area contributed by atoms with Crippen molar-refractivity contribution in [1.82, 2.24) is 15.4 Å². The first-order chi connectivity index (χ1) is 13.3. The van der Waals surface area contributed by atoms with Crippen molar-refractivity contribution >= 4 is 22.0 Å². The summed E-state index contributed by atoms with van der Waals surface area (Å²) >= 11 is 0. The van der Waals surface area contributed by atoms with Crippen LogP contribution in [0.25, 0.3) is 0 Å². The van der Waals surface area contributed by atoms with Gasteiger partial charge in [-0.1, -0.05) is 6.92 Å². The van der Waals surface area contributed by atoms with E-state index in [9.17, 15) is 26.8 Å². The van der Waals surface area contributed by atoms with Gasteiger partial charge in [0, 0.05) is 26.1 Å². The van der Waals surface area contributed by atoms with E-state index < -0.39 is 44.2 Å². The molecule has 8 nitrogen and oxygen atoms in total. The maximum atomic E-state index is 13.2. The van der Waals surface area contributed by atoms with Crippen LogP contribution in [0.3, 0.4) is 0 Å². The molecular weight excluding hydrogens is 408 g/mol. The van der Waals surface area contributed by atoms with Crippen molar-refractivity contribution in [3.05, 3.63) is 29.8 Å². The molecule has 11 heteroatoms. The molecule has 1 rings (SSSR count). The van der Waals surface area contributed by atoms with E-state index in [0.29, 0.717) is 12.1 Å². The van der Waals surface area contributed by atoms with Gasteiger partial charge < -0.3 is 15.4 Å². The molecule has 0 fully saturated rings. The van der Waals surface area contributed by atoms with Gasteiger partial charge in [0.05, 0.1) is 4.90 Å². The van der Waals surface area contributed by atoms with Gasteiger partial charge in [0.1, 0.15) is 5.60 Å². The Morgan fingerprint density at radius 3 is 2.31 bits per heavy atom. The standard InChI is InChI=1S/C18H27F2N3O5S/c1-12(11-22-17(25)28-18(2,3)4)10-21-16(24)7-8-23-29(26,27)13-5-6-14(19)15(20)9-13/h5-6,9,12,23H,7-8,10-11H2,1-4H3,(H,21,24)(H,22,25). The third kappa shape index (κ3) is 9.66. The Hall–Kier alpha value is -2.27. The fraction of sp³-hybridized carbons (Fsp3) is 0.556. The molecule has 1 unspecified atom stereocenters. The molecule has 0 aliphatic heterocycles. The number of hydrogen-bond acceptors (Lipinski definition) is 5. The zero-order valence-corrected chi connectivity index (χ0v) is 17.7. The first-order valence-corrected chi connectivity index (χ1v) is 10.5. The van der Waals surface area contributed by atoms with Crippen molar-refractivity contribution in [2.24, 2.45) is 5.92 Å². The minimum Gasteiger partial charge on any atom is -0.444 e. The van der Waals surface area contributed by atoms with Crippen LogP contribution < -0.4 is 15.4 Å². The predicted octanol–water partition coefficient (Wildman–Crippen LogP) is 1.91. The van der Waals surface area contributed by atoms with Gasteiger partial charge in [-0.25, -0.2) is 26.7 Å². The van der Waals surface area contributed by atoms with Gasteiger partial charge in [-0.2, -0.15) is 0 Å². The van der Waals surface area contributed by atoms with Gasteiger partial charge in [-0.3, -0.25) is 4.79 Å². The maximum Gasteiger partial charge on any atom is 0.407 e. The summed E-state index contributed by atoms with van der Waals surface area (Å²) < 4.78 is 57.3. The van der Waals surface area contributed by atoms with Crippen LogP contribution in [0.15, 0.2) is 23.1 Å². The topological polar surface area (TPSA) is 114 Å². The summed E-state index contributed by atoms with van der Waals surface area (Å²) in [4.78, 5) is 23.0. The van der Waals surface area contributed by atoms with E-state index >= 15 is 0 Å². The van der Waals surface area contributed by atoms with Crippen molar-refractivity contribution in [3.8, 4) is 0 Å². The number of carbonyl (C=O) groups excluding carboxylic acids is 2. The van der Waals surface area contributed by atoms with E-state index in [1.54, 1.807) is 20.8 Å². The Kier molecular flexibility index (Phi) is 8.96. The van der Waals surface area contributed by atoms with Crippen LogP contribution in [0.5, 0.6) is 0 Å². The lowest BCUT2D eigenvalue weighted by molar-refractivity contribution is -0.121. The van der Waals surface area contributed by atoms with Gasteiger partial charge in [-0.05, 0) is 44.9 Å². The lowest BCUT2D eigenvalue weighted by atomic mass is 10.2. The monoisotopic (exact) mass is 435 g/mol. The number of amides is 2. The maximum absolute atomic E-state index is 13.2. The molecule has 0 saturated heterocycles. The van der Waals surface area contributed by atoms with Crippen LogP contribution in [-0.4, -0.2) is 45.7 Å². The molecule has 2 amide bonds. The minimum absolute atomic E-state index is 0.0784. The number of carbonyl (C=O) groups is 2. The quantitative estimate of drug-likeness (QED) is 0.548. The Morgan fingerprint density at radius 2 is 1.72 bits per heavy atom. The summed E-state index contributed by atoms with van der Waals surface area (Å²) in [6, 6.07) is 2.21.